The van der Waals surface area contributed by atoms with Gasteiger partial charge in [-0.25, -0.2) is 9.36 Å². The number of benzene rings is 2. The highest BCUT2D eigenvalue weighted by Crippen LogP contribution is 2.22. The average Bonchev–Trinajstić information content (AvgIpc) is 3.42. The summed E-state index contributed by atoms with van der Waals surface area (Å²) >= 11 is 6.26. The summed E-state index contributed by atoms with van der Waals surface area (Å²) in [5.41, 5.74) is 2.59. The van der Waals surface area contributed by atoms with Crippen molar-refractivity contribution < 1.29 is 26.8 Å². The van der Waals surface area contributed by atoms with Gasteiger partial charge in [-0.05, 0) is 51.0 Å². The standard InChI is InChI=1S/C30H36ClN5O7S/c1-22-8-10-26(11-9-22)44(38,39)43-15-14-40-12-13-41-21-25-19-35(34-33-25)18-23-6-5-7-24(16-23)20-42-27-17-32-36(30(2,3)4)29(37)28(27)31/h5-11,16-17,19H,12-15,18,20-21H2,1-4H3. The number of hydrogen-bond acceptors (Lipinski definition) is 10. The van der Waals surface area contributed by atoms with Crippen molar-refractivity contribution in [2.24, 2.45) is 0 Å². The van der Waals surface area contributed by atoms with Crippen LogP contribution >= 0.6 is 11.6 Å². The van der Waals surface area contributed by atoms with E-state index in [-0.39, 0.29) is 48.7 Å². The fourth-order valence-electron chi connectivity index (χ4n) is 4.02. The SMILES string of the molecule is Cc1ccc(S(=O)(=O)OCCOCCOCc2cn(Cc3cccc(COc4cnn(C(C)(C)C)c(=O)c4Cl)c3)nn2)cc1. The minimum absolute atomic E-state index is 0.00615. The first-order chi connectivity index (χ1) is 20.9. The molecular weight excluding hydrogens is 610 g/mol. The molecule has 0 spiro atoms. The Bertz CT molecular complexity index is 1700. The first kappa shape index (κ1) is 33.3. The van der Waals surface area contributed by atoms with E-state index in [9.17, 15) is 13.2 Å². The lowest BCUT2D eigenvalue weighted by Gasteiger charge is -2.21. The van der Waals surface area contributed by atoms with Crippen molar-refractivity contribution in [1.29, 1.82) is 0 Å². The molecule has 236 valence electrons. The van der Waals surface area contributed by atoms with Gasteiger partial charge in [0.1, 0.15) is 12.3 Å². The molecule has 0 radical (unpaired) electrons. The molecule has 0 aliphatic rings. The van der Waals surface area contributed by atoms with E-state index >= 15 is 0 Å². The van der Waals surface area contributed by atoms with Crippen LogP contribution in [-0.4, -0.2) is 59.6 Å². The number of halogens is 1. The van der Waals surface area contributed by atoms with Gasteiger partial charge in [-0.1, -0.05) is 58.8 Å². The van der Waals surface area contributed by atoms with Crippen LogP contribution in [0.25, 0.3) is 0 Å². The van der Waals surface area contributed by atoms with Gasteiger partial charge >= 0.3 is 0 Å². The molecule has 4 rings (SSSR count). The van der Waals surface area contributed by atoms with Gasteiger partial charge in [-0.2, -0.15) is 13.5 Å². The van der Waals surface area contributed by atoms with E-state index in [2.05, 4.69) is 15.4 Å². The smallest absolute Gasteiger partial charge is 0.297 e. The molecule has 4 aromatic rings. The topological polar surface area (TPSA) is 137 Å². The zero-order valence-electron chi connectivity index (χ0n) is 25.1. The number of aryl methyl sites for hydroxylation is 1. The molecule has 0 aliphatic carbocycles. The number of ether oxygens (including phenoxy) is 3. The molecule has 0 amide bonds. The lowest BCUT2D eigenvalue weighted by atomic mass is 10.1. The van der Waals surface area contributed by atoms with E-state index in [0.29, 0.717) is 18.8 Å². The summed E-state index contributed by atoms with van der Waals surface area (Å²) < 4.78 is 49.2. The fourth-order valence-corrected chi connectivity index (χ4v) is 5.09. The highest BCUT2D eigenvalue weighted by Gasteiger charge is 2.20. The van der Waals surface area contributed by atoms with Crippen molar-refractivity contribution in [3.8, 4) is 5.75 Å². The molecule has 0 unspecified atom stereocenters. The Morgan fingerprint density at radius 2 is 1.64 bits per heavy atom. The molecule has 0 saturated carbocycles. The second-order valence-corrected chi connectivity index (χ2v) is 13.0. The first-order valence-corrected chi connectivity index (χ1v) is 15.7. The molecule has 0 fully saturated rings. The lowest BCUT2D eigenvalue weighted by Crippen LogP contribution is -2.36. The number of aromatic nitrogens is 5. The van der Waals surface area contributed by atoms with Gasteiger partial charge in [-0.15, -0.1) is 5.10 Å². The second kappa shape index (κ2) is 14.9. The van der Waals surface area contributed by atoms with E-state index < -0.39 is 21.2 Å². The van der Waals surface area contributed by atoms with Crippen molar-refractivity contribution in [2.45, 2.75) is 57.9 Å². The van der Waals surface area contributed by atoms with E-state index in [1.807, 2.05) is 52.0 Å². The van der Waals surface area contributed by atoms with E-state index in [1.165, 1.54) is 23.0 Å². The quantitative estimate of drug-likeness (QED) is 0.137. The molecule has 0 N–H and O–H groups in total. The van der Waals surface area contributed by atoms with Gasteiger partial charge in [-0.3, -0.25) is 8.98 Å². The third-order valence-corrected chi connectivity index (χ3v) is 7.91. The van der Waals surface area contributed by atoms with E-state index in [0.717, 1.165) is 16.7 Å². The van der Waals surface area contributed by atoms with Crippen molar-refractivity contribution >= 4 is 21.7 Å². The molecule has 0 atom stereocenters. The summed E-state index contributed by atoms with van der Waals surface area (Å²) in [6, 6.07) is 14.2. The highest BCUT2D eigenvalue weighted by atomic mass is 35.5. The summed E-state index contributed by atoms with van der Waals surface area (Å²) in [4.78, 5) is 12.7. The molecule has 2 aromatic heterocycles. The summed E-state index contributed by atoms with van der Waals surface area (Å²) in [5.74, 6) is 0.230. The Kier molecular flexibility index (Phi) is 11.3. The van der Waals surface area contributed by atoms with Crippen LogP contribution in [0.1, 0.15) is 43.2 Å². The normalized spacial score (nSPS) is 12.0. The minimum Gasteiger partial charge on any atom is -0.485 e. The van der Waals surface area contributed by atoms with Gasteiger partial charge in [0.25, 0.3) is 15.7 Å². The molecule has 2 heterocycles. The Labute approximate surface area is 261 Å². The van der Waals surface area contributed by atoms with Crippen LogP contribution < -0.4 is 10.3 Å². The zero-order chi connectivity index (χ0) is 31.7. The first-order valence-electron chi connectivity index (χ1n) is 13.9. The Balaban J connectivity index is 1.16. The maximum Gasteiger partial charge on any atom is 0.297 e. The summed E-state index contributed by atoms with van der Waals surface area (Å²) in [6.45, 7) is 9.03. The number of hydrogen-bond donors (Lipinski definition) is 0. The monoisotopic (exact) mass is 645 g/mol. The molecule has 0 saturated heterocycles. The predicted molar refractivity (Wildman–Crippen MR) is 163 cm³/mol. The molecule has 44 heavy (non-hydrogen) atoms. The predicted octanol–water partition coefficient (Wildman–Crippen LogP) is 4.12. The van der Waals surface area contributed by atoms with Gasteiger partial charge in [0, 0.05) is 0 Å². The fraction of sp³-hybridized carbons (Fsp3) is 0.400. The highest BCUT2D eigenvalue weighted by molar-refractivity contribution is 7.86. The Morgan fingerprint density at radius 3 is 2.39 bits per heavy atom. The molecule has 12 nitrogen and oxygen atoms in total. The van der Waals surface area contributed by atoms with E-state index in [4.69, 9.17) is 30.0 Å². The van der Waals surface area contributed by atoms with Crippen molar-refractivity contribution in [2.75, 3.05) is 26.4 Å². The molecule has 14 heteroatoms. The molecule has 2 aromatic carbocycles. The number of rotatable bonds is 15. The van der Waals surface area contributed by atoms with E-state index in [1.54, 1.807) is 23.0 Å². The van der Waals surface area contributed by atoms with Gasteiger partial charge in [0.05, 0.1) is 62.4 Å². The van der Waals surface area contributed by atoms with Crippen LogP contribution in [-0.2, 0) is 49.1 Å². The number of nitrogens with zero attached hydrogens (tertiary/aromatic N) is 5. The maximum absolute atomic E-state index is 12.6. The van der Waals surface area contributed by atoms with Crippen LogP contribution in [0.5, 0.6) is 5.75 Å². The third-order valence-electron chi connectivity index (χ3n) is 6.24. The lowest BCUT2D eigenvalue weighted by molar-refractivity contribution is 0.0301. The minimum atomic E-state index is -3.81. The largest absolute Gasteiger partial charge is 0.485 e. The van der Waals surface area contributed by atoms with Crippen LogP contribution in [0.4, 0.5) is 0 Å². The molecule has 0 bridgehead atoms. The zero-order valence-corrected chi connectivity index (χ0v) is 26.7. The summed E-state index contributed by atoms with van der Waals surface area (Å²) in [6.07, 6.45) is 3.25. The van der Waals surface area contributed by atoms with Gasteiger partial charge in [0.2, 0.25) is 0 Å². The van der Waals surface area contributed by atoms with Gasteiger partial charge < -0.3 is 14.2 Å². The average molecular weight is 646 g/mol. The Hall–Kier alpha value is -3.62. The molecule has 0 aliphatic heterocycles. The maximum atomic E-state index is 12.6. The Morgan fingerprint density at radius 1 is 0.932 bits per heavy atom. The van der Waals surface area contributed by atoms with Crippen molar-refractivity contribution in [3.63, 3.8) is 0 Å². The summed E-state index contributed by atoms with van der Waals surface area (Å²) in [5, 5.41) is 12.5. The summed E-state index contributed by atoms with van der Waals surface area (Å²) in [7, 11) is -3.81. The van der Waals surface area contributed by atoms with Gasteiger partial charge in [0.15, 0.2) is 10.8 Å². The van der Waals surface area contributed by atoms with Crippen LogP contribution in [0.2, 0.25) is 5.02 Å². The van der Waals surface area contributed by atoms with Crippen LogP contribution in [0.15, 0.2) is 70.6 Å². The molecular formula is C30H36ClN5O7S. The van der Waals surface area contributed by atoms with Crippen molar-refractivity contribution in [3.05, 3.63) is 98.7 Å². The van der Waals surface area contributed by atoms with Crippen molar-refractivity contribution in [1.82, 2.24) is 24.8 Å². The van der Waals surface area contributed by atoms with Crippen LogP contribution in [0, 0.1) is 6.92 Å². The second-order valence-electron chi connectivity index (χ2n) is 11.0. The third kappa shape index (κ3) is 9.44. The van der Waals surface area contributed by atoms with Crippen LogP contribution in [0.3, 0.4) is 0 Å².